The zero-order chi connectivity index (χ0) is 21.3. The molecule has 3 rings (SSSR count). The number of benzene rings is 1. The summed E-state index contributed by atoms with van der Waals surface area (Å²) in [7, 11) is 4.56. The first-order valence-corrected chi connectivity index (χ1v) is 9.12. The number of halogens is 1. The van der Waals surface area contributed by atoms with Crippen LogP contribution in [-0.2, 0) is 14.1 Å². The molecule has 0 saturated heterocycles. The molecule has 10 heteroatoms. The molecule has 0 amide bonds. The van der Waals surface area contributed by atoms with Crippen molar-refractivity contribution in [1.29, 1.82) is 0 Å². The number of methoxy groups -OCH3 is 1. The number of aromatic carboxylic acids is 1. The van der Waals surface area contributed by atoms with Crippen LogP contribution in [0.2, 0.25) is 5.02 Å². The van der Waals surface area contributed by atoms with Crippen molar-refractivity contribution in [3.05, 3.63) is 68.9 Å². The molecule has 0 fully saturated rings. The quantitative estimate of drug-likeness (QED) is 0.654. The molecular weight excluding hydrogens is 398 g/mol. The van der Waals surface area contributed by atoms with Gasteiger partial charge in [-0.2, -0.15) is 0 Å². The first kappa shape index (κ1) is 20.5. The van der Waals surface area contributed by atoms with Crippen LogP contribution in [0.4, 0.5) is 0 Å². The summed E-state index contributed by atoms with van der Waals surface area (Å²) in [6.07, 6.45) is 1.56. The summed E-state index contributed by atoms with van der Waals surface area (Å²) in [5.74, 6) is -1.68. The van der Waals surface area contributed by atoms with Crippen LogP contribution in [0.5, 0.6) is 5.75 Å². The Morgan fingerprint density at radius 2 is 1.93 bits per heavy atom. The van der Waals surface area contributed by atoms with Crippen molar-refractivity contribution in [2.75, 3.05) is 7.11 Å². The summed E-state index contributed by atoms with van der Waals surface area (Å²) in [6.45, 7) is 1.84. The van der Waals surface area contributed by atoms with E-state index in [1.807, 2.05) is 25.1 Å². The Bertz CT molecular complexity index is 1120. The molecule has 0 aliphatic rings. The lowest BCUT2D eigenvalue weighted by molar-refractivity contribution is 0.0685. The number of carbonyl (C=O) groups is 1. The second-order valence-electron chi connectivity index (χ2n) is 6.61. The van der Waals surface area contributed by atoms with E-state index < -0.39 is 29.1 Å². The van der Waals surface area contributed by atoms with Crippen LogP contribution < -0.4 is 10.3 Å². The van der Waals surface area contributed by atoms with Crippen LogP contribution in [0.25, 0.3) is 0 Å². The smallest absolute Gasteiger partial charge is 0.358 e. The molecule has 0 aliphatic carbocycles. The van der Waals surface area contributed by atoms with E-state index in [1.165, 1.54) is 18.7 Å². The average molecular weight is 418 g/mol. The van der Waals surface area contributed by atoms with Crippen LogP contribution >= 0.6 is 11.6 Å². The number of hydrogen-bond acceptors (Lipinski definition) is 6. The molecule has 0 radical (unpaired) electrons. The lowest BCUT2D eigenvalue weighted by Crippen LogP contribution is -2.30. The predicted molar refractivity (Wildman–Crippen MR) is 106 cm³/mol. The minimum Gasteiger partial charge on any atom is -0.489 e. The zero-order valence-electron chi connectivity index (χ0n) is 16.3. The van der Waals surface area contributed by atoms with Crippen LogP contribution in [0.1, 0.15) is 46.5 Å². The standard InChI is InChI=1S/C19H20ClN5O4/c1-10(16-22-14(19(27)28)15(29-4)18(26)25(16)3)13(17-23-21-9-24(17)2)11-7-5-6-8-12(11)20/h5-10,13H,1-4H3,(H,27,28). The maximum Gasteiger partial charge on any atom is 0.358 e. The number of ether oxygens (including phenoxy) is 1. The zero-order valence-corrected chi connectivity index (χ0v) is 17.1. The Kier molecular flexibility index (Phi) is 5.69. The highest BCUT2D eigenvalue weighted by Gasteiger charge is 2.33. The number of aryl methyl sites for hydroxylation is 1. The summed E-state index contributed by atoms with van der Waals surface area (Å²) in [5.41, 5.74) is -0.259. The van der Waals surface area contributed by atoms with Crippen LogP contribution in [-0.4, -0.2) is 42.5 Å². The third kappa shape index (κ3) is 3.61. The van der Waals surface area contributed by atoms with E-state index in [1.54, 1.807) is 24.0 Å². The van der Waals surface area contributed by atoms with Crippen LogP contribution in [0, 0.1) is 0 Å². The highest BCUT2D eigenvalue weighted by atomic mass is 35.5. The third-order valence-corrected chi connectivity index (χ3v) is 5.21. The molecule has 152 valence electrons. The van der Waals surface area contributed by atoms with Gasteiger partial charge in [0.05, 0.1) is 13.0 Å². The van der Waals surface area contributed by atoms with Crippen molar-refractivity contribution in [1.82, 2.24) is 24.3 Å². The van der Waals surface area contributed by atoms with Gasteiger partial charge in [-0.15, -0.1) is 10.2 Å². The van der Waals surface area contributed by atoms with Crippen molar-refractivity contribution in [2.24, 2.45) is 14.1 Å². The Morgan fingerprint density at radius 1 is 1.24 bits per heavy atom. The summed E-state index contributed by atoms with van der Waals surface area (Å²) >= 11 is 6.46. The first-order valence-electron chi connectivity index (χ1n) is 8.74. The summed E-state index contributed by atoms with van der Waals surface area (Å²) in [6, 6.07) is 7.28. The highest BCUT2D eigenvalue weighted by Crippen LogP contribution is 2.39. The molecular formula is C19H20ClN5O4. The molecule has 3 aromatic rings. The van der Waals surface area contributed by atoms with E-state index in [0.29, 0.717) is 10.8 Å². The summed E-state index contributed by atoms with van der Waals surface area (Å²) < 4.78 is 8.03. The van der Waals surface area contributed by atoms with Crippen molar-refractivity contribution < 1.29 is 14.6 Å². The molecule has 1 N–H and O–H groups in total. The van der Waals surface area contributed by atoms with E-state index in [4.69, 9.17) is 16.3 Å². The van der Waals surface area contributed by atoms with Crippen LogP contribution in [0.3, 0.4) is 0 Å². The lowest BCUT2D eigenvalue weighted by Gasteiger charge is -2.26. The number of nitrogens with zero attached hydrogens (tertiary/aromatic N) is 5. The van der Waals surface area contributed by atoms with E-state index in [-0.39, 0.29) is 11.6 Å². The largest absolute Gasteiger partial charge is 0.489 e. The Balaban J connectivity index is 2.26. The third-order valence-electron chi connectivity index (χ3n) is 4.86. The van der Waals surface area contributed by atoms with Crippen LogP contribution in [0.15, 0.2) is 35.4 Å². The molecule has 0 saturated carbocycles. The van der Waals surface area contributed by atoms with Gasteiger partial charge < -0.3 is 14.4 Å². The summed E-state index contributed by atoms with van der Waals surface area (Å²) in [5, 5.41) is 18.2. The Hall–Kier alpha value is -3.20. The van der Waals surface area contributed by atoms with Crippen molar-refractivity contribution in [3.63, 3.8) is 0 Å². The van der Waals surface area contributed by atoms with Gasteiger partial charge in [0.15, 0.2) is 5.69 Å². The first-order chi connectivity index (χ1) is 13.8. The average Bonchev–Trinajstić information content (AvgIpc) is 3.10. The fourth-order valence-electron chi connectivity index (χ4n) is 3.42. The highest BCUT2D eigenvalue weighted by molar-refractivity contribution is 6.31. The lowest BCUT2D eigenvalue weighted by atomic mass is 9.85. The second-order valence-corrected chi connectivity index (χ2v) is 7.02. The number of rotatable bonds is 6. The molecule has 2 atom stereocenters. The molecule has 29 heavy (non-hydrogen) atoms. The van der Waals surface area contributed by atoms with Gasteiger partial charge in [-0.05, 0) is 11.6 Å². The van der Waals surface area contributed by atoms with Crippen molar-refractivity contribution in [3.8, 4) is 5.75 Å². The van der Waals surface area contributed by atoms with E-state index in [2.05, 4.69) is 15.2 Å². The predicted octanol–water partition coefficient (Wildman–Crippen LogP) is 2.20. The van der Waals surface area contributed by atoms with Gasteiger partial charge in [-0.1, -0.05) is 36.7 Å². The van der Waals surface area contributed by atoms with Gasteiger partial charge in [0, 0.05) is 25.0 Å². The van der Waals surface area contributed by atoms with Crippen molar-refractivity contribution in [2.45, 2.75) is 18.8 Å². The van der Waals surface area contributed by atoms with Gasteiger partial charge in [0.25, 0.3) is 5.56 Å². The van der Waals surface area contributed by atoms with E-state index in [0.717, 1.165) is 5.56 Å². The van der Waals surface area contributed by atoms with E-state index >= 15 is 0 Å². The molecule has 1 aromatic carbocycles. The summed E-state index contributed by atoms with van der Waals surface area (Å²) in [4.78, 5) is 28.6. The molecule has 0 bridgehead atoms. The van der Waals surface area contributed by atoms with Gasteiger partial charge in [-0.25, -0.2) is 9.78 Å². The minimum absolute atomic E-state index is 0.265. The van der Waals surface area contributed by atoms with Gasteiger partial charge in [0.1, 0.15) is 18.0 Å². The van der Waals surface area contributed by atoms with Gasteiger partial charge in [0.2, 0.25) is 5.75 Å². The number of carboxylic acid groups (broad SMARTS) is 1. The van der Waals surface area contributed by atoms with Crippen molar-refractivity contribution >= 4 is 17.6 Å². The SMILES string of the molecule is COc1c(C(=O)O)nc(C(C)C(c2ccccc2Cl)c2nncn2C)n(C)c1=O. The molecule has 0 aliphatic heterocycles. The van der Waals surface area contributed by atoms with E-state index in [9.17, 15) is 14.7 Å². The normalized spacial score (nSPS) is 13.1. The maximum atomic E-state index is 12.7. The monoisotopic (exact) mass is 417 g/mol. The fraction of sp³-hybridized carbons (Fsp3) is 0.316. The molecule has 2 unspecified atom stereocenters. The topological polar surface area (TPSA) is 112 Å². The fourth-order valence-corrected chi connectivity index (χ4v) is 3.67. The second kappa shape index (κ2) is 8.04. The number of carboxylic acids is 1. The Morgan fingerprint density at radius 3 is 2.48 bits per heavy atom. The number of hydrogen-bond donors (Lipinski definition) is 1. The van der Waals surface area contributed by atoms with Gasteiger partial charge in [-0.3, -0.25) is 9.36 Å². The van der Waals surface area contributed by atoms with Gasteiger partial charge >= 0.3 is 5.97 Å². The molecule has 0 spiro atoms. The molecule has 9 nitrogen and oxygen atoms in total. The molecule has 2 heterocycles. The minimum atomic E-state index is -1.35. The Labute approximate surface area is 171 Å². The maximum absolute atomic E-state index is 12.7. The number of aromatic nitrogens is 5. The molecule has 2 aromatic heterocycles.